The average molecular weight is 488 g/mol. The van der Waals surface area contributed by atoms with Gasteiger partial charge in [-0.1, -0.05) is 55.3 Å². The second-order valence-electron chi connectivity index (χ2n) is 9.45. The smallest absolute Gasteiger partial charge is 0.266 e. The SMILES string of the molecule is Cc1ccc(-n2c(C(C)N(CC(C)C)C(=O)c3ccc(Cl)cc3)nc3ccccc3c2=O)c(C)c1. The van der Waals surface area contributed by atoms with Gasteiger partial charge in [0.1, 0.15) is 5.82 Å². The van der Waals surface area contributed by atoms with Gasteiger partial charge in [0.25, 0.3) is 11.5 Å². The number of halogens is 1. The molecule has 3 aromatic carbocycles. The second kappa shape index (κ2) is 10.0. The number of amides is 1. The van der Waals surface area contributed by atoms with Crippen molar-refractivity contribution in [2.24, 2.45) is 5.92 Å². The molecule has 0 aliphatic carbocycles. The van der Waals surface area contributed by atoms with Crippen molar-refractivity contribution in [2.45, 2.75) is 40.7 Å². The molecule has 1 unspecified atom stereocenters. The Morgan fingerprint density at radius 1 is 1.00 bits per heavy atom. The molecular formula is C29H30ClN3O2. The number of para-hydroxylation sites is 1. The molecule has 0 N–H and O–H groups in total. The summed E-state index contributed by atoms with van der Waals surface area (Å²) in [6.07, 6.45) is 0. The molecule has 1 heterocycles. The Hall–Kier alpha value is -3.44. The molecule has 5 nitrogen and oxygen atoms in total. The van der Waals surface area contributed by atoms with Crippen molar-refractivity contribution in [2.75, 3.05) is 6.54 Å². The van der Waals surface area contributed by atoms with E-state index in [1.807, 2.05) is 51.1 Å². The molecule has 1 aromatic heterocycles. The van der Waals surface area contributed by atoms with E-state index in [2.05, 4.69) is 19.9 Å². The zero-order chi connectivity index (χ0) is 25.3. The van der Waals surface area contributed by atoms with Crippen LogP contribution in [0.2, 0.25) is 5.02 Å². The fraction of sp³-hybridized carbons (Fsp3) is 0.276. The minimum atomic E-state index is -0.460. The van der Waals surface area contributed by atoms with E-state index in [1.54, 1.807) is 39.8 Å². The fourth-order valence-corrected chi connectivity index (χ4v) is 4.55. The van der Waals surface area contributed by atoms with Crippen LogP contribution in [0.1, 0.15) is 54.1 Å². The molecule has 4 rings (SSSR count). The van der Waals surface area contributed by atoms with Crippen LogP contribution in [0.4, 0.5) is 0 Å². The van der Waals surface area contributed by atoms with E-state index < -0.39 is 6.04 Å². The number of nitrogens with zero attached hydrogens (tertiary/aromatic N) is 3. The van der Waals surface area contributed by atoms with E-state index in [1.165, 1.54) is 0 Å². The van der Waals surface area contributed by atoms with Gasteiger partial charge in [-0.25, -0.2) is 4.98 Å². The van der Waals surface area contributed by atoms with Crippen molar-refractivity contribution in [3.63, 3.8) is 0 Å². The number of aromatic nitrogens is 2. The summed E-state index contributed by atoms with van der Waals surface area (Å²) in [5.74, 6) is 0.622. The summed E-state index contributed by atoms with van der Waals surface area (Å²) in [4.78, 5) is 34.2. The van der Waals surface area contributed by atoms with Crippen LogP contribution in [0, 0.1) is 19.8 Å². The molecule has 0 spiro atoms. The van der Waals surface area contributed by atoms with E-state index in [9.17, 15) is 9.59 Å². The third kappa shape index (κ3) is 5.01. The van der Waals surface area contributed by atoms with Crippen LogP contribution >= 0.6 is 11.6 Å². The minimum Gasteiger partial charge on any atom is -0.328 e. The Labute approximate surface area is 211 Å². The van der Waals surface area contributed by atoms with Crippen LogP contribution in [-0.2, 0) is 0 Å². The Morgan fingerprint density at radius 2 is 1.69 bits per heavy atom. The second-order valence-corrected chi connectivity index (χ2v) is 9.89. The standard InChI is InChI=1S/C29H30ClN3O2/c1-18(2)17-32(28(34)22-11-13-23(30)14-12-22)21(5)27-31-25-9-7-6-8-24(25)29(35)33(27)26-15-10-19(3)16-20(26)4/h6-16,18,21H,17H2,1-5H3. The van der Waals surface area contributed by atoms with Gasteiger partial charge in [0, 0.05) is 17.1 Å². The van der Waals surface area contributed by atoms with Gasteiger partial charge in [-0.3, -0.25) is 14.2 Å². The molecular weight excluding hydrogens is 458 g/mol. The average Bonchev–Trinajstić information content (AvgIpc) is 2.83. The Bertz CT molecular complexity index is 1440. The Balaban J connectivity index is 1.94. The van der Waals surface area contributed by atoms with E-state index in [0.29, 0.717) is 33.9 Å². The molecule has 0 aliphatic heterocycles. The fourth-order valence-electron chi connectivity index (χ4n) is 4.43. The largest absolute Gasteiger partial charge is 0.328 e. The molecule has 1 amide bonds. The highest BCUT2D eigenvalue weighted by Crippen LogP contribution is 2.27. The Kier molecular flexibility index (Phi) is 7.08. The number of carbonyl (C=O) groups excluding carboxylic acids is 1. The molecule has 180 valence electrons. The first-order chi connectivity index (χ1) is 16.7. The number of carbonyl (C=O) groups is 1. The van der Waals surface area contributed by atoms with Crippen LogP contribution in [0.25, 0.3) is 16.6 Å². The summed E-state index contributed by atoms with van der Waals surface area (Å²) in [6, 6.07) is 19.8. The third-order valence-corrected chi connectivity index (χ3v) is 6.40. The number of hydrogen-bond donors (Lipinski definition) is 0. The highest BCUT2D eigenvalue weighted by molar-refractivity contribution is 6.30. The Morgan fingerprint density at radius 3 is 2.34 bits per heavy atom. The summed E-state index contributed by atoms with van der Waals surface area (Å²) in [6.45, 7) is 10.6. The monoisotopic (exact) mass is 487 g/mol. The first kappa shape index (κ1) is 24.7. The number of aryl methyl sites for hydroxylation is 2. The van der Waals surface area contributed by atoms with Crippen LogP contribution < -0.4 is 5.56 Å². The van der Waals surface area contributed by atoms with Crippen LogP contribution in [0.3, 0.4) is 0 Å². The van der Waals surface area contributed by atoms with E-state index >= 15 is 0 Å². The van der Waals surface area contributed by atoms with Crippen molar-refractivity contribution in [3.8, 4) is 5.69 Å². The van der Waals surface area contributed by atoms with Gasteiger partial charge in [-0.05, 0) is 74.7 Å². The first-order valence-electron chi connectivity index (χ1n) is 11.8. The minimum absolute atomic E-state index is 0.127. The van der Waals surface area contributed by atoms with Gasteiger partial charge in [0.05, 0.1) is 22.6 Å². The molecule has 0 saturated heterocycles. The zero-order valence-corrected chi connectivity index (χ0v) is 21.5. The molecule has 1 atom stereocenters. The zero-order valence-electron chi connectivity index (χ0n) is 20.7. The molecule has 35 heavy (non-hydrogen) atoms. The molecule has 0 radical (unpaired) electrons. The van der Waals surface area contributed by atoms with Crippen molar-refractivity contribution in [3.05, 3.63) is 105 Å². The van der Waals surface area contributed by atoms with E-state index in [-0.39, 0.29) is 17.4 Å². The number of fused-ring (bicyclic) bond motifs is 1. The summed E-state index contributed by atoms with van der Waals surface area (Å²) in [5.41, 5.74) is 3.86. The van der Waals surface area contributed by atoms with Gasteiger partial charge in [-0.2, -0.15) is 0 Å². The normalized spacial score (nSPS) is 12.2. The third-order valence-electron chi connectivity index (χ3n) is 6.15. The maximum Gasteiger partial charge on any atom is 0.266 e. The van der Waals surface area contributed by atoms with Gasteiger partial charge in [0.15, 0.2) is 0 Å². The van der Waals surface area contributed by atoms with Crippen molar-refractivity contribution in [1.82, 2.24) is 14.5 Å². The molecule has 6 heteroatoms. The highest BCUT2D eigenvalue weighted by atomic mass is 35.5. The predicted octanol–water partition coefficient (Wildman–Crippen LogP) is 6.52. The van der Waals surface area contributed by atoms with Gasteiger partial charge in [0.2, 0.25) is 0 Å². The van der Waals surface area contributed by atoms with Gasteiger partial charge < -0.3 is 4.90 Å². The topological polar surface area (TPSA) is 55.2 Å². The number of hydrogen-bond acceptors (Lipinski definition) is 3. The molecule has 4 aromatic rings. The maximum atomic E-state index is 13.8. The van der Waals surface area contributed by atoms with Crippen molar-refractivity contribution in [1.29, 1.82) is 0 Å². The van der Waals surface area contributed by atoms with E-state index in [4.69, 9.17) is 16.6 Å². The lowest BCUT2D eigenvalue weighted by Crippen LogP contribution is -2.39. The van der Waals surface area contributed by atoms with Crippen molar-refractivity contribution < 1.29 is 4.79 Å². The quantitative estimate of drug-likeness (QED) is 0.311. The van der Waals surface area contributed by atoms with Crippen LogP contribution in [-0.4, -0.2) is 26.9 Å². The van der Waals surface area contributed by atoms with Gasteiger partial charge >= 0.3 is 0 Å². The van der Waals surface area contributed by atoms with Crippen molar-refractivity contribution >= 4 is 28.4 Å². The summed E-state index contributed by atoms with van der Waals surface area (Å²) >= 11 is 6.05. The lowest BCUT2D eigenvalue weighted by atomic mass is 10.1. The first-order valence-corrected chi connectivity index (χ1v) is 12.2. The van der Waals surface area contributed by atoms with Gasteiger partial charge in [-0.15, -0.1) is 0 Å². The van der Waals surface area contributed by atoms with Crippen LogP contribution in [0.5, 0.6) is 0 Å². The highest BCUT2D eigenvalue weighted by Gasteiger charge is 2.28. The summed E-state index contributed by atoms with van der Waals surface area (Å²) in [7, 11) is 0. The lowest BCUT2D eigenvalue weighted by Gasteiger charge is -2.32. The lowest BCUT2D eigenvalue weighted by molar-refractivity contribution is 0.0655. The van der Waals surface area contributed by atoms with Crippen LogP contribution in [0.15, 0.2) is 71.5 Å². The number of rotatable bonds is 6. The predicted molar refractivity (Wildman–Crippen MR) is 143 cm³/mol. The number of benzene rings is 3. The summed E-state index contributed by atoms with van der Waals surface area (Å²) < 4.78 is 1.67. The molecule has 0 fully saturated rings. The maximum absolute atomic E-state index is 13.8. The molecule has 0 bridgehead atoms. The molecule has 0 aliphatic rings. The molecule has 0 saturated carbocycles. The summed E-state index contributed by atoms with van der Waals surface area (Å²) in [5, 5.41) is 1.12. The van der Waals surface area contributed by atoms with E-state index in [0.717, 1.165) is 16.8 Å².